The van der Waals surface area contributed by atoms with Crippen LogP contribution in [0.5, 0.6) is 5.75 Å². The summed E-state index contributed by atoms with van der Waals surface area (Å²) in [5.41, 5.74) is 0.995. The van der Waals surface area contributed by atoms with Crippen LogP contribution >= 0.6 is 0 Å². The predicted octanol–water partition coefficient (Wildman–Crippen LogP) is 3.11. The van der Waals surface area contributed by atoms with E-state index in [2.05, 4.69) is 30.8 Å². The molecule has 1 saturated carbocycles. The van der Waals surface area contributed by atoms with Gasteiger partial charge in [-0.05, 0) is 37.5 Å². The highest BCUT2D eigenvalue weighted by atomic mass is 32.3. The molecule has 4 rings (SSSR count). The van der Waals surface area contributed by atoms with E-state index in [0.717, 1.165) is 30.3 Å². The van der Waals surface area contributed by atoms with Gasteiger partial charge in [-0.1, -0.05) is 28.9 Å². The Labute approximate surface area is 158 Å². The quantitative estimate of drug-likeness (QED) is 0.725. The second-order valence-corrected chi connectivity index (χ2v) is 8.27. The van der Waals surface area contributed by atoms with Crippen LogP contribution < -0.4 is 4.18 Å². The summed E-state index contributed by atoms with van der Waals surface area (Å²) in [6.07, 6.45) is 4.97. The van der Waals surface area contributed by atoms with Gasteiger partial charge in [-0.3, -0.25) is 4.90 Å². The summed E-state index contributed by atoms with van der Waals surface area (Å²) >= 11 is 0. The first-order valence-corrected chi connectivity index (χ1v) is 10.6. The molecule has 2 aromatic rings. The summed E-state index contributed by atoms with van der Waals surface area (Å²) in [5.74, 6) is 2.66. The molecule has 146 valence electrons. The third-order valence-corrected chi connectivity index (χ3v) is 5.96. The van der Waals surface area contributed by atoms with Crippen molar-refractivity contribution in [2.24, 2.45) is 0 Å². The minimum atomic E-state index is -4.99. The molecule has 1 aliphatic carbocycles. The van der Waals surface area contributed by atoms with E-state index in [1.807, 2.05) is 0 Å². The van der Waals surface area contributed by atoms with Crippen LogP contribution in [0, 0.1) is 0 Å². The van der Waals surface area contributed by atoms with Gasteiger partial charge in [0.25, 0.3) is 0 Å². The maximum Gasteiger partial charge on any atom is 0.488 e. The van der Waals surface area contributed by atoms with Crippen molar-refractivity contribution in [3.63, 3.8) is 0 Å². The molecule has 2 aliphatic rings. The first-order valence-electron chi connectivity index (χ1n) is 9.31. The highest BCUT2D eigenvalue weighted by Crippen LogP contribution is 2.36. The highest BCUT2D eigenvalue weighted by Gasteiger charge is 2.31. The molecule has 2 heterocycles. The van der Waals surface area contributed by atoms with E-state index in [0.29, 0.717) is 12.5 Å². The van der Waals surface area contributed by atoms with Gasteiger partial charge in [0.2, 0.25) is 0 Å². The molecule has 0 N–H and O–H groups in total. The molecule has 0 saturated heterocycles. The van der Waals surface area contributed by atoms with Crippen molar-refractivity contribution in [2.75, 3.05) is 6.54 Å². The van der Waals surface area contributed by atoms with E-state index < -0.39 is 10.5 Å². The molecule has 1 aromatic carbocycles. The first kappa shape index (κ1) is 18.4. The third kappa shape index (κ3) is 3.98. The van der Waals surface area contributed by atoms with Crippen molar-refractivity contribution < 1.29 is 16.5 Å². The summed E-state index contributed by atoms with van der Waals surface area (Å²) in [4.78, 5) is 2.31. The Morgan fingerprint density at radius 2 is 1.78 bits per heavy atom. The van der Waals surface area contributed by atoms with Crippen molar-refractivity contribution in [1.29, 1.82) is 0 Å². The lowest BCUT2D eigenvalue weighted by atomic mass is 10.1. The molecule has 1 aliphatic heterocycles. The Balaban J connectivity index is 1.45. The van der Waals surface area contributed by atoms with Gasteiger partial charge < -0.3 is 8.75 Å². The molecule has 1 fully saturated rings. The number of hydrogen-bond donors (Lipinski definition) is 0. The molecule has 0 amide bonds. The van der Waals surface area contributed by atoms with Gasteiger partial charge in [0.1, 0.15) is 17.4 Å². The second kappa shape index (κ2) is 7.20. The van der Waals surface area contributed by atoms with Gasteiger partial charge in [-0.2, -0.15) is 8.42 Å². The fourth-order valence-corrected chi connectivity index (χ4v) is 4.49. The number of halogens is 1. The van der Waals surface area contributed by atoms with Crippen molar-refractivity contribution in [2.45, 2.75) is 57.7 Å². The molecular formula is C18H23FN4O3S. The van der Waals surface area contributed by atoms with Crippen LogP contribution in [0.4, 0.5) is 3.89 Å². The van der Waals surface area contributed by atoms with Gasteiger partial charge in [0, 0.05) is 25.6 Å². The summed E-state index contributed by atoms with van der Waals surface area (Å²) < 4.78 is 40.2. The molecule has 7 nitrogen and oxygen atoms in total. The molecule has 9 heteroatoms. The second-order valence-electron chi connectivity index (χ2n) is 7.32. The van der Waals surface area contributed by atoms with Crippen molar-refractivity contribution >= 4 is 10.5 Å². The predicted molar refractivity (Wildman–Crippen MR) is 97.2 cm³/mol. The Hall–Kier alpha value is -2.00. The average molecular weight is 394 g/mol. The Bertz CT molecular complexity index is 907. The first-order chi connectivity index (χ1) is 12.9. The van der Waals surface area contributed by atoms with E-state index in [1.165, 1.54) is 37.8 Å². The highest BCUT2D eigenvalue weighted by molar-refractivity contribution is 7.81. The number of rotatable bonds is 5. The standard InChI is InChI=1S/C18H23FN4O3S/c1-13-17-20-21-18(15-4-2-3-5-15)23(17)11-10-22(13)12-14-6-8-16(9-7-14)26-27(19,24)25/h6-9,13,15H,2-5,10-12H2,1H3. The lowest BCUT2D eigenvalue weighted by Crippen LogP contribution is -2.37. The molecule has 27 heavy (non-hydrogen) atoms. The Kier molecular flexibility index (Phi) is 4.90. The minimum absolute atomic E-state index is 0.0334. The lowest BCUT2D eigenvalue weighted by molar-refractivity contribution is 0.154. The zero-order valence-electron chi connectivity index (χ0n) is 15.2. The van der Waals surface area contributed by atoms with Crippen LogP contribution in [0.25, 0.3) is 0 Å². The topological polar surface area (TPSA) is 77.3 Å². The molecule has 1 aromatic heterocycles. The fourth-order valence-electron chi connectivity index (χ4n) is 4.15. The SMILES string of the molecule is CC1c2nnc(C3CCCC3)n2CCN1Cc1ccc(OS(=O)(=O)F)cc1. The monoisotopic (exact) mass is 394 g/mol. The summed E-state index contributed by atoms with van der Waals surface area (Å²) in [5, 5.41) is 8.97. The number of aromatic nitrogens is 3. The number of benzene rings is 1. The van der Waals surface area contributed by atoms with Crippen LogP contribution in [0.1, 0.15) is 61.8 Å². The van der Waals surface area contributed by atoms with Crippen molar-refractivity contribution in [1.82, 2.24) is 19.7 Å². The maximum absolute atomic E-state index is 12.6. The van der Waals surface area contributed by atoms with Gasteiger partial charge >= 0.3 is 10.5 Å². The van der Waals surface area contributed by atoms with E-state index in [4.69, 9.17) is 0 Å². The smallest absolute Gasteiger partial charge is 0.358 e. The third-order valence-electron chi connectivity index (χ3n) is 5.57. The fraction of sp³-hybridized carbons (Fsp3) is 0.556. The van der Waals surface area contributed by atoms with E-state index >= 15 is 0 Å². The normalized spacial score (nSPS) is 21.3. The van der Waals surface area contributed by atoms with Gasteiger partial charge in [0.05, 0.1) is 6.04 Å². The molecule has 0 bridgehead atoms. The maximum atomic E-state index is 12.6. The summed E-state index contributed by atoms with van der Waals surface area (Å²) in [7, 11) is -4.99. The molecule has 1 unspecified atom stereocenters. The summed E-state index contributed by atoms with van der Waals surface area (Å²) in [6, 6.07) is 6.56. The largest absolute Gasteiger partial charge is 0.488 e. The van der Waals surface area contributed by atoms with Crippen LogP contribution in [0.2, 0.25) is 0 Å². The average Bonchev–Trinajstić information content (AvgIpc) is 3.27. The van der Waals surface area contributed by atoms with Crippen LogP contribution in [0.15, 0.2) is 24.3 Å². The van der Waals surface area contributed by atoms with Crippen molar-refractivity contribution in [3.8, 4) is 5.75 Å². The molecular weight excluding hydrogens is 371 g/mol. The number of nitrogens with zero attached hydrogens (tertiary/aromatic N) is 4. The van der Waals surface area contributed by atoms with Gasteiger partial charge in [0.15, 0.2) is 0 Å². The van der Waals surface area contributed by atoms with E-state index in [9.17, 15) is 12.3 Å². The lowest BCUT2D eigenvalue weighted by Gasteiger charge is -2.34. The Morgan fingerprint density at radius 3 is 2.44 bits per heavy atom. The summed E-state index contributed by atoms with van der Waals surface area (Å²) in [6.45, 7) is 4.59. The number of fused-ring (bicyclic) bond motifs is 1. The zero-order chi connectivity index (χ0) is 19.0. The van der Waals surface area contributed by atoms with Gasteiger partial charge in [-0.15, -0.1) is 10.2 Å². The van der Waals surface area contributed by atoms with E-state index in [-0.39, 0.29) is 11.8 Å². The molecule has 0 radical (unpaired) electrons. The van der Waals surface area contributed by atoms with Crippen LogP contribution in [-0.4, -0.2) is 34.6 Å². The number of hydrogen-bond acceptors (Lipinski definition) is 6. The van der Waals surface area contributed by atoms with Crippen LogP contribution in [0.3, 0.4) is 0 Å². The van der Waals surface area contributed by atoms with Crippen LogP contribution in [-0.2, 0) is 23.6 Å². The Morgan fingerprint density at radius 1 is 1.11 bits per heavy atom. The van der Waals surface area contributed by atoms with Gasteiger partial charge in [-0.25, -0.2) is 0 Å². The zero-order valence-corrected chi connectivity index (χ0v) is 16.0. The van der Waals surface area contributed by atoms with E-state index in [1.54, 1.807) is 12.1 Å². The minimum Gasteiger partial charge on any atom is -0.358 e. The molecule has 1 atom stereocenters. The van der Waals surface area contributed by atoms with Crippen molar-refractivity contribution in [3.05, 3.63) is 41.5 Å². The molecule has 0 spiro atoms.